The zero-order chi connectivity index (χ0) is 26.1. The van der Waals surface area contributed by atoms with Crippen LogP contribution in [-0.4, -0.2) is 44.7 Å². The Labute approximate surface area is 223 Å². The molecular weight excluding hydrogens is 474 g/mol. The van der Waals surface area contributed by atoms with E-state index in [1.54, 1.807) is 0 Å². The van der Waals surface area contributed by atoms with E-state index in [0.717, 1.165) is 61.0 Å². The number of pyridine rings is 2. The molecule has 2 N–H and O–H groups in total. The molecule has 4 heterocycles. The smallest absolute Gasteiger partial charge is 0.256 e. The summed E-state index contributed by atoms with van der Waals surface area (Å²) in [5.74, 6) is 1.13. The molecule has 196 valence electrons. The topological polar surface area (TPSA) is 88.0 Å². The number of hydrogen-bond acceptors (Lipinski definition) is 7. The van der Waals surface area contributed by atoms with E-state index < -0.39 is 0 Å². The van der Waals surface area contributed by atoms with E-state index in [0.29, 0.717) is 35.9 Å². The monoisotopic (exact) mass is 509 g/mol. The highest BCUT2D eigenvalue weighted by Gasteiger charge is 2.23. The maximum absolute atomic E-state index is 13.7. The zero-order valence-corrected chi connectivity index (χ0v) is 22.1. The van der Waals surface area contributed by atoms with Crippen LogP contribution in [0.2, 0.25) is 0 Å². The number of nitrogens with zero attached hydrogens (tertiary/aromatic N) is 5. The first-order valence-electron chi connectivity index (χ1n) is 13.7. The summed E-state index contributed by atoms with van der Waals surface area (Å²) in [5, 5.41) is 7.71. The Bertz CT molecular complexity index is 1450. The van der Waals surface area contributed by atoms with Crippen LogP contribution in [0.1, 0.15) is 56.7 Å². The largest absolute Gasteiger partial charge is 0.367 e. The van der Waals surface area contributed by atoms with Crippen molar-refractivity contribution in [2.45, 2.75) is 64.1 Å². The molecule has 1 aliphatic heterocycles. The second kappa shape index (κ2) is 10.5. The number of fused-ring (bicyclic) bond motifs is 1. The van der Waals surface area contributed by atoms with Crippen LogP contribution >= 0.6 is 0 Å². The maximum atomic E-state index is 13.7. The number of aromatic nitrogens is 4. The molecule has 2 fully saturated rings. The molecule has 1 aliphatic carbocycles. The lowest BCUT2D eigenvalue weighted by Gasteiger charge is -2.37. The number of rotatable bonds is 6. The molecular formula is C30H35N7O. The van der Waals surface area contributed by atoms with E-state index in [9.17, 15) is 4.79 Å². The van der Waals surface area contributed by atoms with E-state index in [1.807, 2.05) is 47.3 Å². The molecule has 1 aromatic carbocycles. The molecule has 2 atom stereocenters. The van der Waals surface area contributed by atoms with Gasteiger partial charge in [-0.15, -0.1) is 0 Å². The SMILES string of the molecule is CC1CN(c2ccc(Nc3ncc4cc(Cc5ccccc5)c(=O)n(C5CCCC5)c4n3)nc2)CC(C)N1. The molecule has 4 aromatic rings. The fourth-order valence-electron chi connectivity index (χ4n) is 5.98. The van der Waals surface area contributed by atoms with Crippen LogP contribution in [0, 0.1) is 0 Å². The molecule has 1 saturated heterocycles. The van der Waals surface area contributed by atoms with Gasteiger partial charge in [-0.2, -0.15) is 4.98 Å². The molecule has 2 aliphatic rings. The fourth-order valence-corrected chi connectivity index (χ4v) is 5.98. The average Bonchev–Trinajstić information content (AvgIpc) is 3.44. The summed E-state index contributed by atoms with van der Waals surface area (Å²) in [6.45, 7) is 6.33. The lowest BCUT2D eigenvalue weighted by atomic mass is 10.0. The van der Waals surface area contributed by atoms with Crippen molar-refractivity contribution in [2.75, 3.05) is 23.3 Å². The van der Waals surface area contributed by atoms with E-state index >= 15 is 0 Å². The lowest BCUT2D eigenvalue weighted by molar-refractivity contribution is 0.407. The minimum atomic E-state index is 0.0554. The molecule has 3 aromatic heterocycles. The lowest BCUT2D eigenvalue weighted by Crippen LogP contribution is -2.54. The van der Waals surface area contributed by atoms with Gasteiger partial charge in [-0.05, 0) is 50.5 Å². The van der Waals surface area contributed by atoms with Crippen LogP contribution in [0.3, 0.4) is 0 Å². The summed E-state index contributed by atoms with van der Waals surface area (Å²) in [6, 6.07) is 17.2. The summed E-state index contributed by atoms with van der Waals surface area (Å²) >= 11 is 0. The standard InChI is InChI=1S/C30H35N7O/c1-20-18-36(19-21(2)33-20)26-12-13-27(31-17-26)34-30-32-16-24-15-23(14-22-8-4-3-5-9-22)29(38)37(28(24)35-30)25-10-6-7-11-25/h3-5,8-9,12-13,15-17,20-21,25,33H,6-7,10-11,14,18-19H2,1-2H3,(H,31,32,34,35). The summed E-state index contributed by atoms with van der Waals surface area (Å²) in [7, 11) is 0. The van der Waals surface area contributed by atoms with Crippen molar-refractivity contribution in [1.29, 1.82) is 0 Å². The van der Waals surface area contributed by atoms with Gasteiger partial charge in [0.25, 0.3) is 5.56 Å². The maximum Gasteiger partial charge on any atom is 0.256 e. The predicted octanol–water partition coefficient (Wildman–Crippen LogP) is 4.82. The van der Waals surface area contributed by atoms with Gasteiger partial charge in [-0.3, -0.25) is 9.36 Å². The van der Waals surface area contributed by atoms with E-state index in [4.69, 9.17) is 4.98 Å². The van der Waals surface area contributed by atoms with Crippen molar-refractivity contribution < 1.29 is 0 Å². The quantitative estimate of drug-likeness (QED) is 0.385. The van der Waals surface area contributed by atoms with Crippen LogP contribution < -0.4 is 21.1 Å². The first-order valence-corrected chi connectivity index (χ1v) is 13.7. The van der Waals surface area contributed by atoms with E-state index in [-0.39, 0.29) is 11.6 Å². The Balaban J connectivity index is 1.30. The molecule has 8 heteroatoms. The number of nitrogens with one attached hydrogen (secondary N) is 2. The van der Waals surface area contributed by atoms with Crippen LogP contribution in [0.15, 0.2) is 65.7 Å². The number of anilines is 3. The van der Waals surface area contributed by atoms with Crippen LogP contribution in [0.5, 0.6) is 0 Å². The van der Waals surface area contributed by atoms with Gasteiger partial charge >= 0.3 is 0 Å². The third kappa shape index (κ3) is 5.13. The average molecular weight is 510 g/mol. The van der Waals surface area contributed by atoms with Gasteiger partial charge < -0.3 is 15.5 Å². The summed E-state index contributed by atoms with van der Waals surface area (Å²) in [6.07, 6.45) is 8.60. The molecule has 0 spiro atoms. The summed E-state index contributed by atoms with van der Waals surface area (Å²) in [4.78, 5) is 30.2. The van der Waals surface area contributed by atoms with Gasteiger partial charge in [0.05, 0.1) is 11.9 Å². The zero-order valence-electron chi connectivity index (χ0n) is 22.1. The molecule has 0 radical (unpaired) electrons. The van der Waals surface area contributed by atoms with Gasteiger partial charge in [0.1, 0.15) is 11.5 Å². The summed E-state index contributed by atoms with van der Waals surface area (Å²) in [5.41, 5.74) is 3.77. The normalized spacial score (nSPS) is 20.2. The van der Waals surface area contributed by atoms with E-state index in [2.05, 4.69) is 57.5 Å². The second-order valence-corrected chi connectivity index (χ2v) is 10.8. The Morgan fingerprint density at radius 3 is 2.45 bits per heavy atom. The highest BCUT2D eigenvalue weighted by molar-refractivity contribution is 5.77. The molecule has 1 saturated carbocycles. The minimum absolute atomic E-state index is 0.0554. The van der Waals surface area contributed by atoms with Crippen molar-refractivity contribution in [2.24, 2.45) is 0 Å². The third-order valence-electron chi connectivity index (χ3n) is 7.69. The molecule has 2 unspecified atom stereocenters. The highest BCUT2D eigenvalue weighted by atomic mass is 16.1. The van der Waals surface area contributed by atoms with Crippen molar-refractivity contribution >= 4 is 28.5 Å². The Kier molecular flexibility index (Phi) is 6.81. The molecule has 0 bridgehead atoms. The Hall–Kier alpha value is -3.78. The van der Waals surface area contributed by atoms with Crippen LogP contribution in [-0.2, 0) is 6.42 Å². The predicted molar refractivity (Wildman–Crippen MR) is 152 cm³/mol. The van der Waals surface area contributed by atoms with Crippen molar-refractivity contribution in [1.82, 2.24) is 24.8 Å². The van der Waals surface area contributed by atoms with Gasteiger partial charge in [-0.25, -0.2) is 9.97 Å². The molecule has 8 nitrogen and oxygen atoms in total. The molecule has 6 rings (SSSR count). The van der Waals surface area contributed by atoms with Crippen molar-refractivity contribution in [3.05, 3.63) is 82.4 Å². The first-order chi connectivity index (χ1) is 18.5. The fraction of sp³-hybridized carbons (Fsp3) is 0.400. The van der Waals surface area contributed by atoms with Crippen molar-refractivity contribution in [3.63, 3.8) is 0 Å². The number of hydrogen-bond donors (Lipinski definition) is 2. The van der Waals surface area contributed by atoms with Crippen LogP contribution in [0.25, 0.3) is 11.0 Å². The Morgan fingerprint density at radius 1 is 0.974 bits per heavy atom. The van der Waals surface area contributed by atoms with Crippen molar-refractivity contribution in [3.8, 4) is 0 Å². The third-order valence-corrected chi connectivity index (χ3v) is 7.69. The summed E-state index contributed by atoms with van der Waals surface area (Å²) < 4.78 is 1.93. The molecule has 38 heavy (non-hydrogen) atoms. The second-order valence-electron chi connectivity index (χ2n) is 10.8. The van der Waals surface area contributed by atoms with Gasteiger partial charge in [-0.1, -0.05) is 43.2 Å². The Morgan fingerprint density at radius 2 is 1.74 bits per heavy atom. The van der Waals surface area contributed by atoms with Crippen LogP contribution in [0.4, 0.5) is 17.5 Å². The first kappa shape index (κ1) is 24.6. The number of benzene rings is 1. The van der Waals surface area contributed by atoms with Gasteiger partial charge in [0.15, 0.2) is 0 Å². The highest BCUT2D eigenvalue weighted by Crippen LogP contribution is 2.31. The molecule has 0 amide bonds. The number of piperazine rings is 1. The van der Waals surface area contributed by atoms with Gasteiger partial charge in [0.2, 0.25) is 5.95 Å². The minimum Gasteiger partial charge on any atom is -0.367 e. The van der Waals surface area contributed by atoms with Gasteiger partial charge in [0, 0.05) is 54.8 Å². The van der Waals surface area contributed by atoms with E-state index in [1.165, 1.54) is 0 Å².